The molecule has 1 heterocycles. The molecule has 1 aromatic heterocycles. The van der Waals surface area contributed by atoms with Gasteiger partial charge in [0.15, 0.2) is 5.82 Å². The van der Waals surface area contributed by atoms with Gasteiger partial charge in [0, 0.05) is 24.2 Å². The number of anilines is 1. The summed E-state index contributed by atoms with van der Waals surface area (Å²) in [5.41, 5.74) is 5.26. The van der Waals surface area contributed by atoms with Crippen molar-refractivity contribution in [1.82, 2.24) is 15.5 Å². The molecule has 0 fully saturated rings. The monoisotopic (exact) mass is 448 g/mol. The standard InChI is InChI=1S/C27H36N4O2/c1-8-13-28-25(32)29-22-11-9-18(10-12-22)14-23-30-24(33-31-23)19-15-20(26(2,3)4)17-21(16-19)27(5,6)7/h9-12,15-17H,8,13-14H2,1-7H3,(H2,28,29,32). The van der Waals surface area contributed by atoms with Crippen molar-refractivity contribution in [2.75, 3.05) is 11.9 Å². The molecule has 3 rings (SSSR count). The molecule has 6 nitrogen and oxygen atoms in total. The lowest BCUT2D eigenvalue weighted by atomic mass is 9.79. The molecule has 0 unspecified atom stereocenters. The Bertz CT molecular complexity index is 1050. The Morgan fingerprint density at radius 2 is 1.55 bits per heavy atom. The molecule has 0 bridgehead atoms. The third-order valence-electron chi connectivity index (χ3n) is 5.49. The number of hydrogen-bond acceptors (Lipinski definition) is 4. The summed E-state index contributed by atoms with van der Waals surface area (Å²) in [6, 6.07) is 14.1. The van der Waals surface area contributed by atoms with Crippen molar-refractivity contribution in [3.8, 4) is 11.5 Å². The van der Waals surface area contributed by atoms with Crippen LogP contribution >= 0.6 is 0 Å². The Hall–Kier alpha value is -3.15. The number of urea groups is 1. The van der Waals surface area contributed by atoms with E-state index in [1.165, 1.54) is 11.1 Å². The van der Waals surface area contributed by atoms with Gasteiger partial charge in [-0.1, -0.05) is 71.8 Å². The van der Waals surface area contributed by atoms with Crippen molar-refractivity contribution < 1.29 is 9.32 Å². The van der Waals surface area contributed by atoms with Crippen molar-refractivity contribution in [3.05, 3.63) is 65.0 Å². The van der Waals surface area contributed by atoms with Crippen LogP contribution in [0.5, 0.6) is 0 Å². The Kier molecular flexibility index (Phi) is 7.25. The number of nitrogens with one attached hydrogen (secondary N) is 2. The first-order chi connectivity index (χ1) is 15.5. The van der Waals surface area contributed by atoms with Crippen molar-refractivity contribution in [3.63, 3.8) is 0 Å². The number of hydrogen-bond donors (Lipinski definition) is 2. The van der Waals surface area contributed by atoms with Gasteiger partial charge < -0.3 is 15.2 Å². The largest absolute Gasteiger partial charge is 0.338 e. The van der Waals surface area contributed by atoms with Gasteiger partial charge in [-0.25, -0.2) is 4.79 Å². The van der Waals surface area contributed by atoms with Gasteiger partial charge in [0.05, 0.1) is 0 Å². The van der Waals surface area contributed by atoms with E-state index in [9.17, 15) is 4.79 Å². The average Bonchev–Trinajstić information content (AvgIpc) is 3.20. The van der Waals surface area contributed by atoms with Gasteiger partial charge in [0.25, 0.3) is 5.89 Å². The van der Waals surface area contributed by atoms with Crippen molar-refractivity contribution in [2.24, 2.45) is 0 Å². The van der Waals surface area contributed by atoms with E-state index >= 15 is 0 Å². The summed E-state index contributed by atoms with van der Waals surface area (Å²) in [7, 11) is 0. The molecule has 0 aliphatic heterocycles. The van der Waals surface area contributed by atoms with Gasteiger partial charge in [-0.05, 0) is 58.2 Å². The van der Waals surface area contributed by atoms with Crippen molar-refractivity contribution in [2.45, 2.75) is 72.1 Å². The average molecular weight is 449 g/mol. The van der Waals surface area contributed by atoms with Crippen LogP contribution in [0.3, 0.4) is 0 Å². The molecule has 6 heteroatoms. The predicted molar refractivity (Wildman–Crippen MR) is 134 cm³/mol. The predicted octanol–water partition coefficient (Wildman–Crippen LogP) is 6.45. The SMILES string of the molecule is CCCNC(=O)Nc1ccc(Cc2noc(-c3cc(C(C)(C)C)cc(C(C)(C)C)c3)n2)cc1. The normalized spacial score (nSPS) is 12.0. The van der Waals surface area contributed by atoms with Gasteiger partial charge in [-0.15, -0.1) is 0 Å². The molecular formula is C27H36N4O2. The second-order valence-corrected chi connectivity index (χ2v) is 10.6. The minimum absolute atomic E-state index is 0.0160. The van der Waals surface area contributed by atoms with Gasteiger partial charge in [0.1, 0.15) is 0 Å². The first kappa shape index (κ1) is 24.5. The molecule has 0 atom stereocenters. The van der Waals surface area contributed by atoms with Crippen LogP contribution in [-0.4, -0.2) is 22.7 Å². The number of carbonyl (C=O) groups is 1. The Morgan fingerprint density at radius 3 is 2.09 bits per heavy atom. The smallest absolute Gasteiger partial charge is 0.319 e. The highest BCUT2D eigenvalue weighted by Gasteiger charge is 2.22. The van der Waals surface area contributed by atoms with Crippen LogP contribution in [0.4, 0.5) is 10.5 Å². The number of benzene rings is 2. The number of nitrogens with zero attached hydrogens (tertiary/aromatic N) is 2. The number of aromatic nitrogens is 2. The van der Waals surface area contributed by atoms with Crippen LogP contribution < -0.4 is 10.6 Å². The maximum atomic E-state index is 11.8. The lowest BCUT2D eigenvalue weighted by Crippen LogP contribution is -2.29. The second kappa shape index (κ2) is 9.77. The molecular weight excluding hydrogens is 412 g/mol. The van der Waals surface area contributed by atoms with Crippen LogP contribution in [0.2, 0.25) is 0 Å². The van der Waals surface area contributed by atoms with Crippen LogP contribution in [0, 0.1) is 0 Å². The fourth-order valence-corrected chi connectivity index (χ4v) is 3.36. The summed E-state index contributed by atoms with van der Waals surface area (Å²) in [4.78, 5) is 16.5. The summed E-state index contributed by atoms with van der Waals surface area (Å²) in [5, 5.41) is 9.84. The van der Waals surface area contributed by atoms with Crippen LogP contribution in [-0.2, 0) is 17.3 Å². The molecule has 2 amide bonds. The number of amides is 2. The highest BCUT2D eigenvalue weighted by atomic mass is 16.5. The summed E-state index contributed by atoms with van der Waals surface area (Å²) >= 11 is 0. The molecule has 3 aromatic rings. The Labute approximate surface area is 197 Å². The van der Waals surface area contributed by atoms with E-state index in [1.54, 1.807) is 0 Å². The molecule has 0 aliphatic rings. The zero-order chi connectivity index (χ0) is 24.2. The minimum Gasteiger partial charge on any atom is -0.338 e. The van der Waals surface area contributed by atoms with Crippen molar-refractivity contribution >= 4 is 11.7 Å². The van der Waals surface area contributed by atoms with E-state index in [0.29, 0.717) is 24.7 Å². The zero-order valence-corrected chi connectivity index (χ0v) is 20.9. The third-order valence-corrected chi connectivity index (χ3v) is 5.49. The van der Waals surface area contributed by atoms with Crippen LogP contribution in [0.1, 0.15) is 77.4 Å². The molecule has 0 saturated carbocycles. The van der Waals surface area contributed by atoms with Gasteiger partial charge in [-0.2, -0.15) is 4.98 Å². The lowest BCUT2D eigenvalue weighted by molar-refractivity contribution is 0.252. The molecule has 2 aromatic carbocycles. The maximum Gasteiger partial charge on any atom is 0.319 e. The van der Waals surface area contributed by atoms with Crippen LogP contribution in [0.15, 0.2) is 47.0 Å². The first-order valence-corrected chi connectivity index (χ1v) is 11.6. The fourth-order valence-electron chi connectivity index (χ4n) is 3.36. The number of rotatable bonds is 6. The van der Waals surface area contributed by atoms with E-state index in [2.05, 4.69) is 80.5 Å². The summed E-state index contributed by atoms with van der Waals surface area (Å²) in [6.07, 6.45) is 1.45. The topological polar surface area (TPSA) is 80.0 Å². The highest BCUT2D eigenvalue weighted by Crippen LogP contribution is 2.33. The van der Waals surface area contributed by atoms with E-state index < -0.39 is 0 Å². The van der Waals surface area contributed by atoms with E-state index in [-0.39, 0.29) is 16.9 Å². The van der Waals surface area contributed by atoms with Crippen LogP contribution in [0.25, 0.3) is 11.5 Å². The zero-order valence-electron chi connectivity index (χ0n) is 20.9. The quantitative estimate of drug-likeness (QED) is 0.454. The molecule has 33 heavy (non-hydrogen) atoms. The van der Waals surface area contributed by atoms with Gasteiger partial charge in [-0.3, -0.25) is 0 Å². The molecule has 0 spiro atoms. The van der Waals surface area contributed by atoms with Gasteiger partial charge >= 0.3 is 6.03 Å². The molecule has 0 aliphatic carbocycles. The van der Waals surface area contributed by atoms with E-state index in [4.69, 9.17) is 4.52 Å². The van der Waals surface area contributed by atoms with E-state index in [1.807, 2.05) is 31.2 Å². The third kappa shape index (κ3) is 6.67. The fraction of sp³-hybridized carbons (Fsp3) is 0.444. The summed E-state index contributed by atoms with van der Waals surface area (Å²) < 4.78 is 5.65. The second-order valence-electron chi connectivity index (χ2n) is 10.6. The molecule has 0 saturated heterocycles. The minimum atomic E-state index is -0.195. The molecule has 176 valence electrons. The maximum absolute atomic E-state index is 11.8. The first-order valence-electron chi connectivity index (χ1n) is 11.6. The number of carbonyl (C=O) groups excluding carboxylic acids is 1. The summed E-state index contributed by atoms with van der Waals surface area (Å²) in [5.74, 6) is 1.16. The highest BCUT2D eigenvalue weighted by molar-refractivity contribution is 5.89. The van der Waals surface area contributed by atoms with Crippen molar-refractivity contribution in [1.29, 1.82) is 0 Å². The Morgan fingerprint density at radius 1 is 0.939 bits per heavy atom. The Balaban J connectivity index is 1.77. The lowest BCUT2D eigenvalue weighted by Gasteiger charge is -2.25. The van der Waals surface area contributed by atoms with E-state index in [0.717, 1.165) is 23.2 Å². The van der Waals surface area contributed by atoms with Gasteiger partial charge in [0.2, 0.25) is 0 Å². The summed E-state index contributed by atoms with van der Waals surface area (Å²) in [6.45, 7) is 15.9. The molecule has 0 radical (unpaired) electrons. The molecule has 2 N–H and O–H groups in total.